The molecular formula is C19H22ClNO5S. The molecule has 6 nitrogen and oxygen atoms in total. The normalized spacial score (nSPS) is 18.4. The number of sulfone groups is 1. The number of hydrogen-bond acceptors (Lipinski definition) is 5. The summed E-state index contributed by atoms with van der Waals surface area (Å²) in [6.07, 6.45) is 1.95. The van der Waals surface area contributed by atoms with Crippen molar-refractivity contribution in [1.82, 2.24) is 4.90 Å². The summed E-state index contributed by atoms with van der Waals surface area (Å²) < 4.78 is 34.7. The Kier molecular flexibility index (Phi) is 5.81. The fourth-order valence-corrected chi connectivity index (χ4v) is 5.07. The van der Waals surface area contributed by atoms with E-state index in [0.29, 0.717) is 23.0 Å². The van der Waals surface area contributed by atoms with Crippen LogP contribution in [0, 0.1) is 13.8 Å². The van der Waals surface area contributed by atoms with Gasteiger partial charge in [0.2, 0.25) is 0 Å². The predicted molar refractivity (Wildman–Crippen MR) is 103 cm³/mol. The molecule has 0 aliphatic carbocycles. The molecule has 0 spiro atoms. The molecule has 146 valence electrons. The van der Waals surface area contributed by atoms with Crippen LogP contribution in [0.2, 0.25) is 5.02 Å². The first-order chi connectivity index (χ1) is 12.7. The lowest BCUT2D eigenvalue weighted by Crippen LogP contribution is -2.43. The lowest BCUT2D eigenvalue weighted by molar-refractivity contribution is -0.136. The fourth-order valence-electron chi connectivity index (χ4n) is 3.23. The van der Waals surface area contributed by atoms with Gasteiger partial charge in [-0.15, -0.1) is 0 Å². The molecule has 1 fully saturated rings. The summed E-state index contributed by atoms with van der Waals surface area (Å²) in [5.74, 6) is 0.943. The Morgan fingerprint density at radius 3 is 2.59 bits per heavy atom. The van der Waals surface area contributed by atoms with Crippen molar-refractivity contribution >= 4 is 27.3 Å². The van der Waals surface area contributed by atoms with E-state index in [9.17, 15) is 13.2 Å². The molecule has 0 bridgehead atoms. The summed E-state index contributed by atoms with van der Waals surface area (Å²) in [5.41, 5.74) is 1.74. The van der Waals surface area contributed by atoms with Crippen molar-refractivity contribution in [2.45, 2.75) is 32.9 Å². The summed E-state index contributed by atoms with van der Waals surface area (Å²) in [7, 11) is -3.12. The third kappa shape index (κ3) is 4.84. The smallest absolute Gasteiger partial charge is 0.261 e. The van der Waals surface area contributed by atoms with E-state index in [1.165, 1.54) is 6.26 Å². The highest BCUT2D eigenvalue weighted by atomic mass is 35.5. The minimum Gasteiger partial charge on any atom is -0.484 e. The van der Waals surface area contributed by atoms with Crippen LogP contribution >= 0.6 is 11.6 Å². The summed E-state index contributed by atoms with van der Waals surface area (Å²) in [5, 5.41) is 0.671. The second kappa shape index (κ2) is 7.94. The van der Waals surface area contributed by atoms with Crippen molar-refractivity contribution in [2.24, 2.45) is 0 Å². The molecule has 27 heavy (non-hydrogen) atoms. The monoisotopic (exact) mass is 411 g/mol. The maximum absolute atomic E-state index is 12.8. The van der Waals surface area contributed by atoms with Gasteiger partial charge in [0.25, 0.3) is 5.91 Å². The average molecular weight is 412 g/mol. The standard InChI is InChI=1S/C19H22ClNO5S/c1-13-8-17(9-14(2)19(13)20)26-11-18(22)21(10-16-4-3-6-25-16)15-5-7-27(23,24)12-15/h3-4,6,8-9,15H,5,7,10-12H2,1-2H3. The third-order valence-corrected chi connectivity index (χ3v) is 6.99. The highest BCUT2D eigenvalue weighted by Crippen LogP contribution is 2.26. The van der Waals surface area contributed by atoms with Crippen molar-refractivity contribution < 1.29 is 22.4 Å². The molecule has 2 aromatic rings. The number of hydrogen-bond donors (Lipinski definition) is 0. The Morgan fingerprint density at radius 2 is 2.04 bits per heavy atom. The Balaban J connectivity index is 1.72. The van der Waals surface area contributed by atoms with E-state index in [0.717, 1.165) is 11.1 Å². The van der Waals surface area contributed by atoms with E-state index in [1.807, 2.05) is 13.8 Å². The highest BCUT2D eigenvalue weighted by Gasteiger charge is 2.35. The number of carbonyl (C=O) groups is 1. The van der Waals surface area contributed by atoms with Crippen molar-refractivity contribution in [3.05, 3.63) is 52.4 Å². The van der Waals surface area contributed by atoms with Gasteiger partial charge in [0.05, 0.1) is 24.3 Å². The second-order valence-electron chi connectivity index (χ2n) is 6.82. The Bertz CT molecular complexity index is 901. The van der Waals surface area contributed by atoms with Crippen LogP contribution in [0.15, 0.2) is 34.9 Å². The van der Waals surface area contributed by atoms with Crippen LogP contribution in [0.5, 0.6) is 5.75 Å². The first-order valence-corrected chi connectivity index (χ1v) is 10.9. The van der Waals surface area contributed by atoms with Crippen LogP contribution in [0.25, 0.3) is 0 Å². The largest absolute Gasteiger partial charge is 0.484 e. The van der Waals surface area contributed by atoms with Crippen LogP contribution in [0.1, 0.15) is 23.3 Å². The molecule has 2 heterocycles. The van der Waals surface area contributed by atoms with E-state index in [1.54, 1.807) is 29.2 Å². The van der Waals surface area contributed by atoms with Crippen molar-refractivity contribution in [3.63, 3.8) is 0 Å². The highest BCUT2D eigenvalue weighted by molar-refractivity contribution is 7.91. The van der Waals surface area contributed by atoms with E-state index < -0.39 is 9.84 Å². The number of carbonyl (C=O) groups excluding carboxylic acids is 1. The van der Waals surface area contributed by atoms with Crippen LogP contribution in [0.4, 0.5) is 0 Å². The zero-order valence-corrected chi connectivity index (χ0v) is 16.8. The van der Waals surface area contributed by atoms with E-state index in [-0.39, 0.29) is 36.6 Å². The topological polar surface area (TPSA) is 76.8 Å². The molecule has 0 radical (unpaired) electrons. The van der Waals surface area contributed by atoms with Crippen LogP contribution in [-0.2, 0) is 21.2 Å². The maximum Gasteiger partial charge on any atom is 0.261 e. The molecule has 1 saturated heterocycles. The minimum atomic E-state index is -3.12. The Labute approximate surface area is 164 Å². The van der Waals surface area contributed by atoms with E-state index in [4.69, 9.17) is 20.8 Å². The van der Waals surface area contributed by atoms with Crippen molar-refractivity contribution in [1.29, 1.82) is 0 Å². The molecule has 1 unspecified atom stereocenters. The summed E-state index contributed by atoms with van der Waals surface area (Å²) in [6, 6.07) is 6.68. The molecule has 0 saturated carbocycles. The number of benzene rings is 1. The number of rotatable bonds is 6. The number of halogens is 1. The summed E-state index contributed by atoms with van der Waals surface area (Å²) >= 11 is 6.16. The van der Waals surface area contributed by atoms with Gasteiger partial charge in [0.15, 0.2) is 16.4 Å². The van der Waals surface area contributed by atoms with Gasteiger partial charge < -0.3 is 14.1 Å². The van der Waals surface area contributed by atoms with Crippen LogP contribution in [0.3, 0.4) is 0 Å². The van der Waals surface area contributed by atoms with Gasteiger partial charge in [-0.2, -0.15) is 0 Å². The zero-order chi connectivity index (χ0) is 19.6. The number of nitrogens with zero attached hydrogens (tertiary/aromatic N) is 1. The number of aryl methyl sites for hydroxylation is 2. The molecule has 0 N–H and O–H groups in total. The molecular weight excluding hydrogens is 390 g/mol. The molecule has 1 amide bonds. The lowest BCUT2D eigenvalue weighted by atomic mass is 10.1. The van der Waals surface area contributed by atoms with Gasteiger partial charge >= 0.3 is 0 Å². The predicted octanol–water partition coefficient (Wildman–Crippen LogP) is 3.14. The molecule has 1 aliphatic rings. The fraction of sp³-hybridized carbons (Fsp3) is 0.421. The summed E-state index contributed by atoms with van der Waals surface area (Å²) in [6.45, 7) is 3.78. The first-order valence-electron chi connectivity index (χ1n) is 8.67. The maximum atomic E-state index is 12.8. The molecule has 3 rings (SSSR count). The average Bonchev–Trinajstić information content (AvgIpc) is 3.24. The second-order valence-corrected chi connectivity index (χ2v) is 9.42. The molecule has 1 aromatic carbocycles. The van der Waals surface area contributed by atoms with E-state index >= 15 is 0 Å². The Morgan fingerprint density at radius 1 is 1.33 bits per heavy atom. The Hall–Kier alpha value is -1.99. The number of amides is 1. The minimum absolute atomic E-state index is 0.0292. The molecule has 8 heteroatoms. The number of furan rings is 1. The van der Waals surface area contributed by atoms with E-state index in [2.05, 4.69) is 0 Å². The number of ether oxygens (including phenoxy) is 1. The van der Waals surface area contributed by atoms with Gasteiger partial charge in [0, 0.05) is 11.1 Å². The van der Waals surface area contributed by atoms with Gasteiger partial charge in [-0.05, 0) is 55.7 Å². The summed E-state index contributed by atoms with van der Waals surface area (Å²) in [4.78, 5) is 14.4. The van der Waals surface area contributed by atoms with Crippen LogP contribution < -0.4 is 4.74 Å². The van der Waals surface area contributed by atoms with Gasteiger partial charge in [-0.1, -0.05) is 11.6 Å². The van der Waals surface area contributed by atoms with Gasteiger partial charge in [0.1, 0.15) is 11.5 Å². The quantitative estimate of drug-likeness (QED) is 0.729. The van der Waals surface area contributed by atoms with Gasteiger partial charge in [-0.3, -0.25) is 4.79 Å². The lowest BCUT2D eigenvalue weighted by Gasteiger charge is -2.27. The first kappa shape index (κ1) is 19.8. The third-order valence-electron chi connectivity index (χ3n) is 4.65. The van der Waals surface area contributed by atoms with Crippen molar-refractivity contribution in [3.8, 4) is 5.75 Å². The van der Waals surface area contributed by atoms with Crippen LogP contribution in [-0.4, -0.2) is 43.4 Å². The molecule has 1 aromatic heterocycles. The molecule has 1 atom stereocenters. The zero-order valence-electron chi connectivity index (χ0n) is 15.3. The molecule has 1 aliphatic heterocycles. The van der Waals surface area contributed by atoms with Crippen molar-refractivity contribution in [2.75, 3.05) is 18.1 Å². The van der Waals surface area contributed by atoms with Gasteiger partial charge in [-0.25, -0.2) is 8.42 Å². The SMILES string of the molecule is Cc1cc(OCC(=O)N(Cc2ccco2)C2CCS(=O)(=O)C2)cc(C)c1Cl.